The number of phenols is 1. The van der Waals surface area contributed by atoms with E-state index in [9.17, 15) is 18.3 Å². The first-order valence-electron chi connectivity index (χ1n) is 4.25. The monoisotopic (exact) mass is 220 g/mol. The van der Waals surface area contributed by atoms with E-state index >= 15 is 0 Å². The van der Waals surface area contributed by atoms with Gasteiger partial charge in [0.05, 0.1) is 0 Å². The highest BCUT2D eigenvalue weighted by Crippen LogP contribution is 2.39. The van der Waals surface area contributed by atoms with Crippen LogP contribution in [0.1, 0.15) is 18.1 Å². The number of phenolic OH excluding ortho intramolecular Hbond substituents is 1. The van der Waals surface area contributed by atoms with Crippen molar-refractivity contribution in [1.82, 2.24) is 0 Å². The molecule has 15 heavy (non-hydrogen) atoms. The van der Waals surface area contributed by atoms with Gasteiger partial charge in [0.15, 0.2) is 5.60 Å². The summed E-state index contributed by atoms with van der Waals surface area (Å²) in [6, 6.07) is 3.30. The number of aryl methyl sites for hydroxylation is 1. The zero-order valence-electron chi connectivity index (χ0n) is 8.26. The van der Waals surface area contributed by atoms with Crippen LogP contribution in [0.4, 0.5) is 13.2 Å². The zero-order chi connectivity index (χ0) is 11.9. The number of rotatable bonds is 1. The van der Waals surface area contributed by atoms with Crippen LogP contribution in [0.5, 0.6) is 5.75 Å². The van der Waals surface area contributed by atoms with E-state index in [-0.39, 0.29) is 16.9 Å². The minimum atomic E-state index is -4.74. The number of alkyl halides is 3. The summed E-state index contributed by atoms with van der Waals surface area (Å²) in [6.07, 6.45) is -4.74. The maximum atomic E-state index is 12.4. The summed E-state index contributed by atoms with van der Waals surface area (Å²) in [6.45, 7) is 2.14. The highest BCUT2D eigenvalue weighted by Gasteiger charge is 2.51. The summed E-state index contributed by atoms with van der Waals surface area (Å²) < 4.78 is 37.3. The van der Waals surface area contributed by atoms with Gasteiger partial charge in [-0.2, -0.15) is 13.2 Å². The molecule has 1 unspecified atom stereocenters. The first-order chi connectivity index (χ1) is 6.66. The van der Waals surface area contributed by atoms with Crippen LogP contribution in [0.15, 0.2) is 18.2 Å². The van der Waals surface area contributed by atoms with Gasteiger partial charge in [-0.3, -0.25) is 0 Å². The van der Waals surface area contributed by atoms with Crippen LogP contribution < -0.4 is 0 Å². The molecular weight excluding hydrogens is 209 g/mol. The molecule has 0 aliphatic rings. The highest BCUT2D eigenvalue weighted by atomic mass is 19.4. The molecule has 0 radical (unpaired) electrons. The third kappa shape index (κ3) is 2.07. The van der Waals surface area contributed by atoms with Crippen LogP contribution in [0, 0.1) is 6.92 Å². The van der Waals surface area contributed by atoms with E-state index in [4.69, 9.17) is 5.11 Å². The average molecular weight is 220 g/mol. The van der Waals surface area contributed by atoms with Gasteiger partial charge in [0.2, 0.25) is 0 Å². The van der Waals surface area contributed by atoms with E-state index in [2.05, 4.69) is 0 Å². The Kier molecular flexibility index (Phi) is 2.69. The van der Waals surface area contributed by atoms with E-state index in [1.807, 2.05) is 0 Å². The normalized spacial score (nSPS) is 16.1. The Balaban J connectivity index is 3.22. The Morgan fingerprint density at radius 2 is 1.73 bits per heavy atom. The van der Waals surface area contributed by atoms with Crippen molar-refractivity contribution in [1.29, 1.82) is 0 Å². The fraction of sp³-hybridized carbons (Fsp3) is 0.400. The molecule has 0 saturated heterocycles. The highest BCUT2D eigenvalue weighted by molar-refractivity contribution is 5.37. The molecule has 0 aliphatic heterocycles. The molecule has 1 rings (SSSR count). The molecule has 5 heteroatoms. The number of aliphatic hydroxyl groups is 1. The SMILES string of the molecule is Cc1cc(C(C)(O)C(F)(F)F)ccc1O. The van der Waals surface area contributed by atoms with Crippen molar-refractivity contribution < 1.29 is 23.4 Å². The van der Waals surface area contributed by atoms with E-state index in [1.165, 1.54) is 6.92 Å². The van der Waals surface area contributed by atoms with E-state index in [0.29, 0.717) is 6.92 Å². The topological polar surface area (TPSA) is 40.5 Å². The largest absolute Gasteiger partial charge is 0.508 e. The Morgan fingerprint density at radius 1 is 1.20 bits per heavy atom. The lowest BCUT2D eigenvalue weighted by atomic mass is 9.94. The second kappa shape index (κ2) is 3.41. The lowest BCUT2D eigenvalue weighted by Crippen LogP contribution is -2.39. The van der Waals surface area contributed by atoms with Gasteiger partial charge in [0.1, 0.15) is 5.75 Å². The van der Waals surface area contributed by atoms with Crippen molar-refractivity contribution in [3.63, 3.8) is 0 Å². The molecule has 1 atom stereocenters. The second-order valence-corrected chi connectivity index (χ2v) is 3.57. The summed E-state index contributed by atoms with van der Waals surface area (Å²) in [5.41, 5.74) is -2.90. The molecule has 2 N–H and O–H groups in total. The first-order valence-corrected chi connectivity index (χ1v) is 4.25. The summed E-state index contributed by atoms with van der Waals surface area (Å²) in [5, 5.41) is 18.5. The minimum absolute atomic E-state index is 0.100. The van der Waals surface area contributed by atoms with Gasteiger partial charge < -0.3 is 10.2 Å². The Morgan fingerprint density at radius 3 is 2.13 bits per heavy atom. The molecule has 0 amide bonds. The maximum Gasteiger partial charge on any atom is 0.421 e. The van der Waals surface area contributed by atoms with Gasteiger partial charge in [-0.25, -0.2) is 0 Å². The summed E-state index contributed by atoms with van der Waals surface area (Å²) in [5.74, 6) is -0.100. The van der Waals surface area contributed by atoms with Gasteiger partial charge in [0.25, 0.3) is 0 Å². The van der Waals surface area contributed by atoms with Crippen LogP contribution in [0.25, 0.3) is 0 Å². The Hall–Kier alpha value is -1.23. The molecule has 0 bridgehead atoms. The molecule has 84 valence electrons. The molecule has 0 saturated carbocycles. The van der Waals surface area contributed by atoms with Crippen LogP contribution in [0.2, 0.25) is 0 Å². The summed E-state index contributed by atoms with van der Waals surface area (Å²) >= 11 is 0. The fourth-order valence-corrected chi connectivity index (χ4v) is 1.12. The lowest BCUT2D eigenvalue weighted by molar-refractivity contribution is -0.258. The van der Waals surface area contributed by atoms with Crippen molar-refractivity contribution >= 4 is 0 Å². The lowest BCUT2D eigenvalue weighted by Gasteiger charge is -2.27. The van der Waals surface area contributed by atoms with Crippen molar-refractivity contribution in [2.75, 3.05) is 0 Å². The van der Waals surface area contributed by atoms with Crippen LogP contribution >= 0.6 is 0 Å². The van der Waals surface area contributed by atoms with Crippen molar-refractivity contribution in [3.05, 3.63) is 29.3 Å². The van der Waals surface area contributed by atoms with Gasteiger partial charge >= 0.3 is 6.18 Å². The van der Waals surface area contributed by atoms with E-state index in [1.54, 1.807) is 0 Å². The van der Waals surface area contributed by atoms with Gasteiger partial charge in [-0.15, -0.1) is 0 Å². The molecule has 0 spiro atoms. The van der Waals surface area contributed by atoms with Gasteiger partial charge in [-0.1, -0.05) is 6.07 Å². The number of hydrogen-bond acceptors (Lipinski definition) is 2. The van der Waals surface area contributed by atoms with Gasteiger partial charge in [0, 0.05) is 0 Å². The molecule has 0 aromatic heterocycles. The maximum absolute atomic E-state index is 12.4. The summed E-state index contributed by atoms with van der Waals surface area (Å²) in [7, 11) is 0. The minimum Gasteiger partial charge on any atom is -0.508 e. The Bertz CT molecular complexity index is 369. The molecule has 0 aliphatic carbocycles. The number of benzene rings is 1. The quantitative estimate of drug-likeness (QED) is 0.763. The molecule has 1 aromatic carbocycles. The van der Waals surface area contributed by atoms with Crippen molar-refractivity contribution in [2.45, 2.75) is 25.6 Å². The van der Waals surface area contributed by atoms with Crippen molar-refractivity contribution in [3.8, 4) is 5.75 Å². The Labute approximate surface area is 85.0 Å². The van der Waals surface area contributed by atoms with Gasteiger partial charge in [-0.05, 0) is 37.1 Å². The second-order valence-electron chi connectivity index (χ2n) is 3.57. The number of aromatic hydroxyl groups is 1. The third-order valence-electron chi connectivity index (χ3n) is 2.31. The molecule has 0 heterocycles. The van der Waals surface area contributed by atoms with Crippen LogP contribution in [-0.2, 0) is 5.60 Å². The number of hydrogen-bond donors (Lipinski definition) is 2. The molecule has 2 nitrogen and oxygen atoms in total. The molecular formula is C10H11F3O2. The van der Waals surface area contributed by atoms with E-state index in [0.717, 1.165) is 18.2 Å². The smallest absolute Gasteiger partial charge is 0.421 e. The fourth-order valence-electron chi connectivity index (χ4n) is 1.12. The van der Waals surface area contributed by atoms with Crippen molar-refractivity contribution in [2.24, 2.45) is 0 Å². The standard InChI is InChI=1S/C10H11F3O2/c1-6-5-7(3-4-8(6)14)9(2,15)10(11,12)13/h3-5,14-15H,1-2H3. The predicted octanol–water partition coefficient (Wildman–Crippen LogP) is 2.47. The third-order valence-corrected chi connectivity index (χ3v) is 2.31. The number of halogens is 3. The average Bonchev–Trinajstić information content (AvgIpc) is 2.07. The van der Waals surface area contributed by atoms with Crippen LogP contribution in [-0.4, -0.2) is 16.4 Å². The molecule has 0 fully saturated rings. The molecule has 1 aromatic rings. The zero-order valence-corrected chi connectivity index (χ0v) is 8.26. The first kappa shape index (κ1) is 11.8. The predicted molar refractivity (Wildman–Crippen MR) is 48.5 cm³/mol. The summed E-state index contributed by atoms with van der Waals surface area (Å²) in [4.78, 5) is 0. The van der Waals surface area contributed by atoms with Crippen LogP contribution in [0.3, 0.4) is 0 Å². The van der Waals surface area contributed by atoms with E-state index < -0.39 is 11.8 Å².